The molecule has 1 aromatic rings. The van der Waals surface area contributed by atoms with Crippen molar-refractivity contribution >= 4 is 39.1 Å². The molecule has 2 fully saturated rings. The van der Waals surface area contributed by atoms with Crippen molar-refractivity contribution < 1.29 is 9.59 Å². The Hall–Kier alpha value is -1.36. The lowest BCUT2D eigenvalue weighted by Gasteiger charge is -2.42. The number of halogens is 1. The number of nitrogens with zero attached hydrogens (tertiary/aromatic N) is 1. The smallest absolute Gasteiger partial charge is 0.234 e. The van der Waals surface area contributed by atoms with Gasteiger partial charge in [0.2, 0.25) is 11.8 Å². The first-order valence-corrected chi connectivity index (χ1v) is 8.21. The minimum Gasteiger partial charge on any atom is -0.398 e. The molecule has 0 aromatic heterocycles. The van der Waals surface area contributed by atoms with E-state index in [0.29, 0.717) is 24.2 Å². The van der Waals surface area contributed by atoms with Crippen LogP contribution in [-0.2, 0) is 9.59 Å². The van der Waals surface area contributed by atoms with Gasteiger partial charge in [-0.3, -0.25) is 14.5 Å². The van der Waals surface area contributed by atoms with Gasteiger partial charge in [-0.2, -0.15) is 0 Å². The number of hydrogen-bond acceptors (Lipinski definition) is 3. The maximum Gasteiger partial charge on any atom is 0.234 e. The second kappa shape index (κ2) is 5.44. The van der Waals surface area contributed by atoms with Crippen molar-refractivity contribution in [2.45, 2.75) is 44.9 Å². The summed E-state index contributed by atoms with van der Waals surface area (Å²) >= 11 is 3.33. The van der Waals surface area contributed by atoms with Crippen molar-refractivity contribution in [1.29, 1.82) is 0 Å². The van der Waals surface area contributed by atoms with Gasteiger partial charge in [0.15, 0.2) is 0 Å². The maximum atomic E-state index is 12.5. The summed E-state index contributed by atoms with van der Waals surface area (Å²) in [7, 11) is 0. The molecule has 2 N–H and O–H groups in total. The highest BCUT2D eigenvalue weighted by Crippen LogP contribution is 2.46. The predicted molar refractivity (Wildman–Crippen MR) is 85.8 cm³/mol. The molecule has 1 saturated carbocycles. The zero-order valence-electron chi connectivity index (χ0n) is 11.9. The summed E-state index contributed by atoms with van der Waals surface area (Å²) in [5.41, 5.74) is 6.89. The molecule has 2 aliphatic rings. The first-order valence-electron chi connectivity index (χ1n) is 7.42. The maximum absolute atomic E-state index is 12.5. The molecule has 1 heterocycles. The number of carbonyl (C=O) groups is 2. The fourth-order valence-corrected chi connectivity index (χ4v) is 3.86. The normalized spacial score (nSPS) is 21.9. The Balaban J connectivity index is 1.86. The van der Waals surface area contributed by atoms with E-state index < -0.39 is 0 Å². The van der Waals surface area contributed by atoms with Gasteiger partial charge in [0, 0.05) is 23.0 Å². The number of anilines is 2. The lowest BCUT2D eigenvalue weighted by atomic mass is 9.67. The molecule has 1 spiro atoms. The SMILES string of the molecule is Nc1cc(N2C(=O)CC3(CCCCC3)CC2=O)ccc1Br. The van der Waals surface area contributed by atoms with Crippen LogP contribution in [0.25, 0.3) is 0 Å². The van der Waals surface area contributed by atoms with Crippen LogP contribution in [0.15, 0.2) is 22.7 Å². The number of rotatable bonds is 1. The summed E-state index contributed by atoms with van der Waals surface area (Å²) in [5, 5.41) is 0. The molecule has 21 heavy (non-hydrogen) atoms. The highest BCUT2D eigenvalue weighted by molar-refractivity contribution is 9.10. The largest absolute Gasteiger partial charge is 0.398 e. The fourth-order valence-electron chi connectivity index (χ4n) is 3.61. The van der Waals surface area contributed by atoms with Crippen LogP contribution < -0.4 is 10.6 Å². The van der Waals surface area contributed by atoms with Gasteiger partial charge in [0.1, 0.15) is 0 Å². The number of hydrogen-bond donors (Lipinski definition) is 1. The van der Waals surface area contributed by atoms with E-state index in [9.17, 15) is 9.59 Å². The Labute approximate surface area is 132 Å². The van der Waals surface area contributed by atoms with Gasteiger partial charge < -0.3 is 5.73 Å². The topological polar surface area (TPSA) is 63.4 Å². The van der Waals surface area contributed by atoms with Gasteiger partial charge in [0.25, 0.3) is 0 Å². The Kier molecular flexibility index (Phi) is 3.78. The molecular weight excluding hydrogens is 332 g/mol. The quantitative estimate of drug-likeness (QED) is 0.621. The van der Waals surface area contributed by atoms with Gasteiger partial charge in [-0.25, -0.2) is 0 Å². The van der Waals surface area contributed by atoms with Crippen molar-refractivity contribution in [3.63, 3.8) is 0 Å². The van der Waals surface area contributed by atoms with Crippen molar-refractivity contribution in [3.8, 4) is 0 Å². The van der Waals surface area contributed by atoms with Crippen molar-refractivity contribution in [2.24, 2.45) is 5.41 Å². The van der Waals surface area contributed by atoms with Crippen LogP contribution >= 0.6 is 15.9 Å². The van der Waals surface area contributed by atoms with Crippen LogP contribution in [0.2, 0.25) is 0 Å². The first kappa shape index (κ1) is 14.6. The number of nitrogen functional groups attached to an aromatic ring is 1. The summed E-state index contributed by atoms with van der Waals surface area (Å²) in [6.07, 6.45) is 6.44. The van der Waals surface area contributed by atoms with E-state index in [1.54, 1.807) is 18.2 Å². The van der Waals surface area contributed by atoms with E-state index in [1.165, 1.54) is 11.3 Å². The van der Waals surface area contributed by atoms with Gasteiger partial charge in [-0.05, 0) is 52.4 Å². The van der Waals surface area contributed by atoms with Crippen molar-refractivity contribution in [1.82, 2.24) is 0 Å². The second-order valence-electron chi connectivity index (χ2n) is 6.24. The summed E-state index contributed by atoms with van der Waals surface area (Å²) in [6.45, 7) is 0. The molecule has 1 aromatic carbocycles. The lowest BCUT2D eigenvalue weighted by molar-refractivity contribution is -0.134. The highest BCUT2D eigenvalue weighted by atomic mass is 79.9. The molecule has 0 bridgehead atoms. The monoisotopic (exact) mass is 350 g/mol. The number of nitrogens with two attached hydrogens (primary N) is 1. The van der Waals surface area contributed by atoms with Crippen molar-refractivity contribution in [2.75, 3.05) is 10.6 Å². The van der Waals surface area contributed by atoms with E-state index in [4.69, 9.17) is 5.73 Å². The van der Waals surface area contributed by atoms with E-state index in [1.807, 2.05) is 0 Å². The fraction of sp³-hybridized carbons (Fsp3) is 0.500. The minimum atomic E-state index is -0.0881. The van der Waals surface area contributed by atoms with Gasteiger partial charge in [-0.1, -0.05) is 19.3 Å². The average Bonchev–Trinajstić information content (AvgIpc) is 2.42. The zero-order valence-corrected chi connectivity index (χ0v) is 13.5. The molecule has 1 saturated heterocycles. The molecule has 3 rings (SSSR count). The number of piperidine rings is 1. The van der Waals surface area contributed by atoms with E-state index >= 15 is 0 Å². The molecule has 1 aliphatic heterocycles. The highest BCUT2D eigenvalue weighted by Gasteiger charge is 2.44. The number of imide groups is 1. The van der Waals surface area contributed by atoms with Gasteiger partial charge in [0.05, 0.1) is 5.69 Å². The minimum absolute atomic E-state index is 0.0795. The summed E-state index contributed by atoms with van der Waals surface area (Å²) in [5.74, 6) is -0.176. The molecular formula is C16H19BrN2O2. The van der Waals surface area contributed by atoms with E-state index in [2.05, 4.69) is 15.9 Å². The number of amides is 2. The summed E-state index contributed by atoms with van der Waals surface area (Å²) in [4.78, 5) is 26.4. The zero-order chi connectivity index (χ0) is 15.0. The Bertz CT molecular complexity index is 574. The van der Waals surface area contributed by atoms with Crippen LogP contribution in [0.4, 0.5) is 11.4 Å². The lowest BCUT2D eigenvalue weighted by Crippen LogP contribution is -2.48. The summed E-state index contributed by atoms with van der Waals surface area (Å²) in [6, 6.07) is 5.21. The molecule has 1 aliphatic carbocycles. The van der Waals surface area contributed by atoms with Crippen LogP contribution in [0.5, 0.6) is 0 Å². The predicted octanol–water partition coefficient (Wildman–Crippen LogP) is 3.64. The van der Waals surface area contributed by atoms with E-state index in [0.717, 1.165) is 30.2 Å². The number of carbonyl (C=O) groups excluding carboxylic acids is 2. The Morgan fingerprint density at radius 2 is 1.67 bits per heavy atom. The Morgan fingerprint density at radius 1 is 1.05 bits per heavy atom. The second-order valence-corrected chi connectivity index (χ2v) is 7.10. The molecule has 2 amide bonds. The third-order valence-corrected chi connectivity index (χ3v) is 5.43. The first-order chi connectivity index (χ1) is 10.0. The summed E-state index contributed by atoms with van der Waals surface area (Å²) < 4.78 is 0.770. The Morgan fingerprint density at radius 3 is 2.24 bits per heavy atom. The van der Waals surface area contributed by atoms with Crippen LogP contribution in [-0.4, -0.2) is 11.8 Å². The average molecular weight is 351 g/mol. The third-order valence-electron chi connectivity index (χ3n) is 4.70. The van der Waals surface area contributed by atoms with Crippen molar-refractivity contribution in [3.05, 3.63) is 22.7 Å². The molecule has 0 atom stereocenters. The molecule has 4 nitrogen and oxygen atoms in total. The van der Waals surface area contributed by atoms with Gasteiger partial charge in [-0.15, -0.1) is 0 Å². The standard InChI is InChI=1S/C16H19BrN2O2/c17-12-5-4-11(8-13(12)18)19-14(20)9-16(10-15(19)21)6-2-1-3-7-16/h4-5,8H,1-3,6-7,9-10,18H2. The van der Waals surface area contributed by atoms with Crippen LogP contribution in [0.3, 0.4) is 0 Å². The van der Waals surface area contributed by atoms with E-state index in [-0.39, 0.29) is 17.2 Å². The number of benzene rings is 1. The molecule has 5 heteroatoms. The third kappa shape index (κ3) is 2.71. The van der Waals surface area contributed by atoms with Crippen LogP contribution in [0, 0.1) is 5.41 Å². The molecule has 112 valence electrons. The van der Waals surface area contributed by atoms with Gasteiger partial charge >= 0.3 is 0 Å². The van der Waals surface area contributed by atoms with Crippen LogP contribution in [0.1, 0.15) is 44.9 Å². The molecule has 0 unspecified atom stereocenters. The molecule has 0 radical (unpaired) electrons.